The van der Waals surface area contributed by atoms with Crippen LogP contribution in [0.2, 0.25) is 0 Å². The molecule has 1 aliphatic carbocycles. The van der Waals surface area contributed by atoms with Crippen LogP contribution in [0, 0.1) is 6.92 Å². The first kappa shape index (κ1) is 23.3. The SMILES string of the molecule is CCC(N[S@+]([O-])C(C)(C)C)(c1cc(C)ncc1C1CC1)[C@H]1C[C@@H](OC)CN1C(=O)O. The van der Waals surface area contributed by atoms with Crippen molar-refractivity contribution in [3.05, 3.63) is 29.1 Å². The summed E-state index contributed by atoms with van der Waals surface area (Å²) in [6.07, 6.45) is 4.14. The van der Waals surface area contributed by atoms with Crippen LogP contribution in [0.1, 0.15) is 76.1 Å². The van der Waals surface area contributed by atoms with Gasteiger partial charge >= 0.3 is 6.09 Å². The molecule has 2 fully saturated rings. The molecule has 3 rings (SSSR count). The molecule has 2 heterocycles. The van der Waals surface area contributed by atoms with E-state index in [1.165, 1.54) is 4.90 Å². The number of hydrogen-bond acceptors (Lipinski definition) is 5. The van der Waals surface area contributed by atoms with Crippen molar-refractivity contribution >= 4 is 17.5 Å². The number of nitrogens with one attached hydrogen (secondary N) is 1. The highest BCUT2D eigenvalue weighted by atomic mass is 32.2. The van der Waals surface area contributed by atoms with Crippen LogP contribution in [-0.4, -0.2) is 56.2 Å². The first-order valence-electron chi connectivity index (χ1n) is 10.7. The maximum atomic E-state index is 13.4. The van der Waals surface area contributed by atoms with Crippen molar-refractivity contribution in [3.63, 3.8) is 0 Å². The zero-order valence-electron chi connectivity index (χ0n) is 18.9. The number of carboxylic acid groups (broad SMARTS) is 1. The molecule has 0 radical (unpaired) electrons. The predicted molar refractivity (Wildman–Crippen MR) is 118 cm³/mol. The molecule has 2 aliphatic rings. The van der Waals surface area contributed by atoms with Crippen molar-refractivity contribution in [1.82, 2.24) is 14.6 Å². The normalized spacial score (nSPS) is 25.2. The van der Waals surface area contributed by atoms with Gasteiger partial charge in [-0.15, -0.1) is 4.72 Å². The van der Waals surface area contributed by atoms with Crippen LogP contribution in [0.15, 0.2) is 12.3 Å². The van der Waals surface area contributed by atoms with Crippen LogP contribution < -0.4 is 4.72 Å². The number of ether oxygens (including phenoxy) is 1. The molecule has 1 unspecified atom stereocenters. The van der Waals surface area contributed by atoms with Crippen LogP contribution in [0.25, 0.3) is 0 Å². The molecule has 0 spiro atoms. The first-order valence-corrected chi connectivity index (χ1v) is 11.9. The largest absolute Gasteiger partial charge is 0.598 e. The summed E-state index contributed by atoms with van der Waals surface area (Å²) in [5.41, 5.74) is 2.26. The van der Waals surface area contributed by atoms with Crippen molar-refractivity contribution < 1.29 is 19.2 Å². The molecule has 0 aromatic carbocycles. The Morgan fingerprint density at radius 1 is 1.43 bits per heavy atom. The van der Waals surface area contributed by atoms with Gasteiger partial charge in [0.1, 0.15) is 10.3 Å². The molecule has 2 N–H and O–H groups in total. The van der Waals surface area contributed by atoms with Gasteiger partial charge in [0.15, 0.2) is 0 Å². The minimum atomic E-state index is -1.38. The highest BCUT2D eigenvalue weighted by Gasteiger charge is 2.54. The Morgan fingerprint density at radius 3 is 2.60 bits per heavy atom. The van der Waals surface area contributed by atoms with E-state index in [-0.39, 0.29) is 6.10 Å². The fraction of sp³-hybridized carbons (Fsp3) is 0.727. The lowest BCUT2D eigenvalue weighted by atomic mass is 9.77. The smallest absolute Gasteiger partial charge is 0.407 e. The summed E-state index contributed by atoms with van der Waals surface area (Å²) in [4.78, 5) is 18.2. The third kappa shape index (κ3) is 4.47. The van der Waals surface area contributed by atoms with E-state index in [0.717, 1.165) is 29.7 Å². The van der Waals surface area contributed by atoms with E-state index in [4.69, 9.17) is 4.74 Å². The zero-order chi connectivity index (χ0) is 22.3. The summed E-state index contributed by atoms with van der Waals surface area (Å²) in [6, 6.07) is 1.67. The quantitative estimate of drug-likeness (QED) is 0.632. The third-order valence-electron chi connectivity index (χ3n) is 6.37. The number of rotatable bonds is 7. The maximum Gasteiger partial charge on any atom is 0.407 e. The van der Waals surface area contributed by atoms with E-state index in [9.17, 15) is 14.5 Å². The van der Waals surface area contributed by atoms with Gasteiger partial charge in [-0.25, -0.2) is 4.79 Å². The van der Waals surface area contributed by atoms with Gasteiger partial charge in [-0.05, 0) is 76.5 Å². The lowest BCUT2D eigenvalue weighted by Gasteiger charge is -2.44. The molecule has 4 atom stereocenters. The predicted octanol–water partition coefficient (Wildman–Crippen LogP) is 3.69. The summed E-state index contributed by atoms with van der Waals surface area (Å²) < 4.78 is 21.9. The molecule has 30 heavy (non-hydrogen) atoms. The third-order valence-corrected chi connectivity index (χ3v) is 8.03. The molecule has 8 heteroatoms. The van der Waals surface area contributed by atoms with Crippen LogP contribution in [0.4, 0.5) is 4.79 Å². The number of aromatic nitrogens is 1. The van der Waals surface area contributed by atoms with Gasteiger partial charge in [-0.3, -0.25) is 4.98 Å². The Bertz CT molecular complexity index is 780. The highest BCUT2D eigenvalue weighted by Crippen LogP contribution is 2.48. The molecule has 1 saturated heterocycles. The van der Waals surface area contributed by atoms with Crippen LogP contribution in [-0.2, 0) is 21.6 Å². The van der Waals surface area contributed by atoms with E-state index >= 15 is 0 Å². The van der Waals surface area contributed by atoms with E-state index in [1.54, 1.807) is 7.11 Å². The number of aryl methyl sites for hydroxylation is 1. The topological polar surface area (TPSA) is 97.8 Å². The molecule has 0 bridgehead atoms. The number of hydrogen-bond donors (Lipinski definition) is 2. The molecule has 1 saturated carbocycles. The molecule has 1 aliphatic heterocycles. The van der Waals surface area contributed by atoms with E-state index in [2.05, 4.69) is 15.8 Å². The maximum absolute atomic E-state index is 13.4. The summed E-state index contributed by atoms with van der Waals surface area (Å²) in [5.74, 6) is 0.432. The molecule has 1 aromatic rings. The van der Waals surface area contributed by atoms with Gasteiger partial charge in [0.2, 0.25) is 0 Å². The van der Waals surface area contributed by atoms with Gasteiger partial charge in [0.05, 0.1) is 18.7 Å². The number of nitrogens with zero attached hydrogens (tertiary/aromatic N) is 2. The Labute approximate surface area is 182 Å². The van der Waals surface area contributed by atoms with Crippen LogP contribution in [0.3, 0.4) is 0 Å². The molecule has 7 nitrogen and oxygen atoms in total. The molecule has 1 amide bonds. The average molecular weight is 438 g/mol. The number of carbonyl (C=O) groups is 1. The van der Waals surface area contributed by atoms with E-state index in [1.807, 2.05) is 40.8 Å². The van der Waals surface area contributed by atoms with Crippen molar-refractivity contribution in [2.45, 2.75) is 88.7 Å². The Hall–Kier alpha value is -1.35. The van der Waals surface area contributed by atoms with Crippen molar-refractivity contribution in [2.24, 2.45) is 0 Å². The monoisotopic (exact) mass is 437 g/mol. The Kier molecular flexibility index (Phi) is 6.72. The lowest BCUT2D eigenvalue weighted by molar-refractivity contribution is 0.0986. The van der Waals surface area contributed by atoms with Gasteiger partial charge in [-0.1, -0.05) is 6.92 Å². The number of amides is 1. The minimum Gasteiger partial charge on any atom is -0.598 e. The molecular weight excluding hydrogens is 402 g/mol. The summed E-state index contributed by atoms with van der Waals surface area (Å²) in [7, 11) is 1.62. The van der Waals surface area contributed by atoms with Gasteiger partial charge in [0, 0.05) is 30.4 Å². The fourth-order valence-corrected chi connectivity index (χ4v) is 5.47. The van der Waals surface area contributed by atoms with Gasteiger partial charge in [-0.2, -0.15) is 0 Å². The van der Waals surface area contributed by atoms with Crippen molar-refractivity contribution in [2.75, 3.05) is 13.7 Å². The van der Waals surface area contributed by atoms with E-state index in [0.29, 0.717) is 25.3 Å². The van der Waals surface area contributed by atoms with E-state index < -0.39 is 33.8 Å². The number of pyridine rings is 1. The first-order chi connectivity index (χ1) is 14.0. The lowest BCUT2D eigenvalue weighted by Crippen LogP contribution is -2.61. The average Bonchev–Trinajstić information content (AvgIpc) is 3.42. The number of likely N-dealkylation sites (tertiary alicyclic amines) is 1. The standard InChI is InChI=1S/C22H35N3O4S/c1-7-22(24-30(28)21(3,4)5,19-11-16(29-6)13-25(19)20(26)27)18-10-14(2)23-12-17(18)15-8-9-15/h10,12,15-16,19,24H,7-9,11,13H2,1-6H3,(H,26,27)/t16-,19-,22?,30-/m1/s1. The molecule has 1 aromatic heterocycles. The summed E-state index contributed by atoms with van der Waals surface area (Å²) >= 11 is -1.38. The second-order valence-electron chi connectivity index (χ2n) is 9.54. The highest BCUT2D eigenvalue weighted by molar-refractivity contribution is 7.90. The van der Waals surface area contributed by atoms with Crippen LogP contribution in [0.5, 0.6) is 0 Å². The molecular formula is C22H35N3O4S. The Balaban J connectivity index is 2.18. The van der Waals surface area contributed by atoms with Crippen molar-refractivity contribution in [3.8, 4) is 0 Å². The van der Waals surface area contributed by atoms with Crippen LogP contribution >= 0.6 is 0 Å². The van der Waals surface area contributed by atoms with Gasteiger partial charge < -0.3 is 19.3 Å². The Morgan fingerprint density at radius 2 is 2.10 bits per heavy atom. The second kappa shape index (κ2) is 8.65. The minimum absolute atomic E-state index is 0.186. The summed E-state index contributed by atoms with van der Waals surface area (Å²) in [6.45, 7) is 10.1. The summed E-state index contributed by atoms with van der Waals surface area (Å²) in [5, 5.41) is 10.00. The van der Waals surface area contributed by atoms with Crippen molar-refractivity contribution in [1.29, 1.82) is 0 Å². The second-order valence-corrected chi connectivity index (χ2v) is 11.5. The molecule has 168 valence electrons. The number of methoxy groups -OCH3 is 1. The zero-order valence-corrected chi connectivity index (χ0v) is 19.7. The fourth-order valence-electron chi connectivity index (χ4n) is 4.44. The van der Waals surface area contributed by atoms with Gasteiger partial charge in [0.25, 0.3) is 0 Å².